The van der Waals surface area contributed by atoms with Crippen molar-refractivity contribution in [3.05, 3.63) is 68.9 Å². The van der Waals surface area contributed by atoms with Crippen LogP contribution in [0.3, 0.4) is 0 Å². The Labute approximate surface area is 263 Å². The molecule has 4 rings (SSSR count). The van der Waals surface area contributed by atoms with Crippen LogP contribution in [0, 0.1) is 44.6 Å². The van der Waals surface area contributed by atoms with Crippen LogP contribution >= 0.6 is 0 Å². The number of hydrogen-bond donors (Lipinski definition) is 1. The number of aryl methyl sites for hydroxylation is 4. The summed E-state index contributed by atoms with van der Waals surface area (Å²) in [5.41, 5.74) is 0.282. The van der Waals surface area contributed by atoms with Gasteiger partial charge in [-0.1, -0.05) is 25.8 Å². The van der Waals surface area contributed by atoms with E-state index >= 15 is 4.39 Å². The number of methoxy groups -OCH3 is 1. The molecule has 1 atom stereocenters. The Bertz CT molecular complexity index is 1960. The van der Waals surface area contributed by atoms with Crippen LogP contribution in [0.5, 0.6) is 5.75 Å². The number of aromatic nitrogens is 4. The van der Waals surface area contributed by atoms with Gasteiger partial charge in [0.15, 0.2) is 28.0 Å². The van der Waals surface area contributed by atoms with Gasteiger partial charge in [-0.05, 0) is 38.0 Å². The molecular weight excluding hydrogens is 601 g/mol. The number of esters is 2. The molecule has 0 aliphatic rings. The Kier molecular flexibility index (Phi) is 9.67. The van der Waals surface area contributed by atoms with Gasteiger partial charge >= 0.3 is 17.8 Å². The second-order valence-electron chi connectivity index (χ2n) is 11.7. The van der Waals surface area contributed by atoms with Crippen LogP contribution in [0.4, 0.5) is 4.39 Å². The monoisotopic (exact) mass is 637 g/mol. The van der Waals surface area contributed by atoms with Gasteiger partial charge in [0, 0.05) is 38.0 Å². The second-order valence-corrected chi connectivity index (χ2v) is 11.7. The molecule has 1 unspecified atom stereocenters. The van der Waals surface area contributed by atoms with Crippen molar-refractivity contribution in [3.8, 4) is 18.1 Å². The van der Waals surface area contributed by atoms with Crippen LogP contribution < -0.4 is 16.0 Å². The van der Waals surface area contributed by atoms with Crippen LogP contribution in [-0.4, -0.2) is 50.4 Å². The number of carbonyl (C=O) groups is 2. The first-order valence-electron chi connectivity index (χ1n) is 14.3. The van der Waals surface area contributed by atoms with Gasteiger partial charge in [-0.2, -0.15) is 9.37 Å². The van der Waals surface area contributed by atoms with Gasteiger partial charge < -0.3 is 27.6 Å². The van der Waals surface area contributed by atoms with Crippen LogP contribution in [0.2, 0.25) is 0 Å². The lowest BCUT2D eigenvalue weighted by Crippen LogP contribution is -2.38. The molecule has 3 aromatic heterocycles. The molecule has 0 aliphatic carbocycles. The molecule has 0 spiro atoms. The molecule has 0 radical (unpaired) electrons. The zero-order chi connectivity index (χ0) is 34.0. The number of fused-ring (bicyclic) bond motifs is 1. The largest absolute Gasteiger partial charge is 0.519 e. The zero-order valence-corrected chi connectivity index (χ0v) is 26.8. The highest BCUT2D eigenvalue weighted by Crippen LogP contribution is 2.38. The number of nitrogens with zero attached hydrogens (tertiary/aromatic N) is 4. The Hall–Kier alpha value is -5.03. The second kappa shape index (κ2) is 13.1. The average molecular weight is 638 g/mol. The highest BCUT2D eigenvalue weighted by molar-refractivity contribution is 5.74. The molecule has 1 N–H and O–H groups in total. The maximum atomic E-state index is 15.1. The summed E-state index contributed by atoms with van der Waals surface area (Å²) in [7, 11) is 1.39. The number of imidazole rings is 1. The van der Waals surface area contributed by atoms with E-state index in [0.29, 0.717) is 11.3 Å². The summed E-state index contributed by atoms with van der Waals surface area (Å²) in [6, 6.07) is 3.71. The standard InChI is InChI=1S/C32H36FN5O8/c1-9-32(42-8,16-43-24(40)14-31(6,7)25-19(3)12-18(2)13-22(25)45-21(5)39)10-11-37-17-35-26-27(34)38(29(33)36-28(26)37)15-23-20(4)44-30(41)46-23/h1,12-13,17,34H,10-11,14-16H2,2-8H3. The Morgan fingerprint density at radius 2 is 1.91 bits per heavy atom. The van der Waals surface area contributed by atoms with E-state index < -0.39 is 34.9 Å². The van der Waals surface area contributed by atoms with Crippen molar-refractivity contribution >= 4 is 23.1 Å². The summed E-state index contributed by atoms with van der Waals surface area (Å²) in [5.74, 6) is 1.23. The number of carbonyl (C=O) groups excluding carboxylic acids is 2. The molecule has 4 aromatic rings. The highest BCUT2D eigenvalue weighted by Gasteiger charge is 2.34. The minimum atomic E-state index is -1.34. The number of benzene rings is 1. The summed E-state index contributed by atoms with van der Waals surface area (Å²) in [4.78, 5) is 44.5. The maximum Gasteiger partial charge on any atom is 0.519 e. The lowest BCUT2D eigenvalue weighted by molar-refractivity contribution is -0.151. The maximum absolute atomic E-state index is 15.1. The fourth-order valence-electron chi connectivity index (χ4n) is 5.43. The Balaban J connectivity index is 1.48. The number of ether oxygens (including phenoxy) is 3. The topological polar surface area (TPSA) is 165 Å². The minimum absolute atomic E-state index is 0.0427. The van der Waals surface area contributed by atoms with Crippen molar-refractivity contribution < 1.29 is 37.0 Å². The van der Waals surface area contributed by atoms with Crippen LogP contribution in [-0.2, 0) is 37.6 Å². The molecule has 14 heteroatoms. The third-order valence-corrected chi connectivity index (χ3v) is 7.70. The van der Waals surface area contributed by atoms with E-state index in [1.807, 2.05) is 33.8 Å². The molecule has 0 aliphatic heterocycles. The van der Waals surface area contributed by atoms with Crippen molar-refractivity contribution in [2.45, 2.75) is 78.5 Å². The lowest BCUT2D eigenvalue weighted by atomic mass is 9.78. The van der Waals surface area contributed by atoms with Crippen LogP contribution in [0.15, 0.2) is 32.1 Å². The van der Waals surface area contributed by atoms with Gasteiger partial charge in [-0.3, -0.25) is 19.6 Å². The molecular formula is C32H36FN5O8. The Morgan fingerprint density at radius 3 is 2.52 bits per heavy atom. The SMILES string of the molecule is C#CC(CCn1cnc2c(=N)n(Cc3oc(=O)oc3C)c(F)nc21)(COC(=O)CC(C)(C)c1c(C)cc(C)cc1OC(C)=O)OC. The van der Waals surface area contributed by atoms with Crippen molar-refractivity contribution in [1.29, 1.82) is 5.41 Å². The van der Waals surface area contributed by atoms with Crippen molar-refractivity contribution in [2.24, 2.45) is 0 Å². The summed E-state index contributed by atoms with van der Waals surface area (Å²) in [5, 5.41) is 8.48. The van der Waals surface area contributed by atoms with E-state index in [0.717, 1.165) is 15.7 Å². The molecule has 46 heavy (non-hydrogen) atoms. The summed E-state index contributed by atoms with van der Waals surface area (Å²) in [6.45, 7) is 9.87. The fraction of sp³-hybridized carbons (Fsp3) is 0.438. The van der Waals surface area contributed by atoms with Gasteiger partial charge in [-0.25, -0.2) is 9.78 Å². The van der Waals surface area contributed by atoms with Crippen LogP contribution in [0.1, 0.15) is 61.8 Å². The van der Waals surface area contributed by atoms with E-state index in [9.17, 15) is 14.4 Å². The summed E-state index contributed by atoms with van der Waals surface area (Å²) in [6.07, 6.45) is 6.31. The molecule has 3 heterocycles. The third-order valence-electron chi connectivity index (χ3n) is 7.70. The van der Waals surface area contributed by atoms with Crippen molar-refractivity contribution in [3.63, 3.8) is 0 Å². The molecule has 13 nitrogen and oxygen atoms in total. The number of hydrogen-bond acceptors (Lipinski definition) is 11. The quantitative estimate of drug-likeness (QED) is 0.105. The third kappa shape index (κ3) is 7.10. The number of terminal acetylenes is 1. The van der Waals surface area contributed by atoms with E-state index in [4.69, 9.17) is 34.9 Å². The summed E-state index contributed by atoms with van der Waals surface area (Å²) < 4.78 is 43.9. The van der Waals surface area contributed by atoms with Crippen molar-refractivity contribution in [1.82, 2.24) is 19.1 Å². The molecule has 0 amide bonds. The van der Waals surface area contributed by atoms with Crippen molar-refractivity contribution in [2.75, 3.05) is 13.7 Å². The smallest absolute Gasteiger partial charge is 0.461 e. The average Bonchev–Trinajstić information content (AvgIpc) is 3.51. The first kappa shape index (κ1) is 33.9. The predicted molar refractivity (Wildman–Crippen MR) is 161 cm³/mol. The van der Waals surface area contributed by atoms with E-state index in [1.165, 1.54) is 31.9 Å². The summed E-state index contributed by atoms with van der Waals surface area (Å²) >= 11 is 0. The molecule has 0 saturated heterocycles. The van der Waals surface area contributed by atoms with Gasteiger partial charge in [0.1, 0.15) is 18.1 Å². The number of halogens is 1. The molecule has 0 bridgehead atoms. The van der Waals surface area contributed by atoms with E-state index in [2.05, 4.69) is 15.9 Å². The molecule has 1 aromatic carbocycles. The van der Waals surface area contributed by atoms with E-state index in [1.54, 1.807) is 6.07 Å². The Morgan fingerprint density at radius 1 is 1.20 bits per heavy atom. The fourth-order valence-corrected chi connectivity index (χ4v) is 5.43. The van der Waals surface area contributed by atoms with Gasteiger partial charge in [0.25, 0.3) is 6.08 Å². The minimum Gasteiger partial charge on any atom is -0.461 e. The normalized spacial score (nSPS) is 12.9. The van der Waals surface area contributed by atoms with Crippen LogP contribution in [0.25, 0.3) is 11.2 Å². The highest BCUT2D eigenvalue weighted by atomic mass is 19.1. The zero-order valence-electron chi connectivity index (χ0n) is 26.8. The molecule has 244 valence electrons. The van der Waals surface area contributed by atoms with Gasteiger partial charge in [0.05, 0.1) is 19.3 Å². The van der Waals surface area contributed by atoms with Gasteiger partial charge in [0.2, 0.25) is 0 Å². The van der Waals surface area contributed by atoms with Gasteiger partial charge in [-0.15, -0.1) is 6.42 Å². The predicted octanol–water partition coefficient (Wildman–Crippen LogP) is 3.62. The number of rotatable bonds is 12. The number of nitrogens with one attached hydrogen (secondary N) is 1. The first-order chi connectivity index (χ1) is 21.6. The molecule has 0 saturated carbocycles. The first-order valence-corrected chi connectivity index (χ1v) is 14.3. The lowest BCUT2D eigenvalue weighted by Gasteiger charge is -2.30. The molecule has 0 fully saturated rings. The van der Waals surface area contributed by atoms with E-state index in [-0.39, 0.29) is 60.7 Å².